The van der Waals surface area contributed by atoms with Crippen molar-refractivity contribution in [2.45, 2.75) is 32.2 Å². The van der Waals surface area contributed by atoms with E-state index < -0.39 is 23.8 Å². The number of carboxylic acids is 1. The van der Waals surface area contributed by atoms with Crippen LogP contribution < -0.4 is 11.1 Å². The number of carboxylic acid groups (broad SMARTS) is 1. The lowest BCUT2D eigenvalue weighted by Crippen LogP contribution is -2.40. The largest absolute Gasteiger partial charge is 0.480 e. The Bertz CT molecular complexity index is 484. The van der Waals surface area contributed by atoms with Crippen LogP contribution in [-0.2, 0) is 4.79 Å². The summed E-state index contributed by atoms with van der Waals surface area (Å²) in [5.74, 6) is -2.18. The monoisotopic (exact) mass is 284 g/mol. The van der Waals surface area contributed by atoms with Crippen molar-refractivity contribution in [3.05, 3.63) is 21.9 Å². The van der Waals surface area contributed by atoms with E-state index in [2.05, 4.69) is 5.32 Å². The maximum absolute atomic E-state index is 11.8. The lowest BCUT2D eigenvalue weighted by atomic mass is 10.1. The van der Waals surface area contributed by atoms with Crippen molar-refractivity contribution in [3.8, 4) is 0 Å². The van der Waals surface area contributed by atoms with Crippen LogP contribution in [0.15, 0.2) is 11.4 Å². The van der Waals surface area contributed by atoms with Crippen molar-refractivity contribution in [2.24, 2.45) is 5.73 Å². The third kappa shape index (κ3) is 4.36. The van der Waals surface area contributed by atoms with Crippen LogP contribution in [0.3, 0.4) is 0 Å². The van der Waals surface area contributed by atoms with Gasteiger partial charge in [-0.15, -0.1) is 11.3 Å². The Morgan fingerprint density at radius 3 is 2.63 bits per heavy atom. The third-order valence-electron chi connectivity index (χ3n) is 2.56. The van der Waals surface area contributed by atoms with Crippen molar-refractivity contribution < 1.29 is 19.5 Å². The minimum atomic E-state index is -1.06. The second kappa shape index (κ2) is 6.89. The fourth-order valence-corrected chi connectivity index (χ4v) is 2.28. The van der Waals surface area contributed by atoms with Crippen LogP contribution >= 0.6 is 11.3 Å². The van der Waals surface area contributed by atoms with E-state index in [1.165, 1.54) is 11.4 Å². The Balaban J connectivity index is 2.70. The Labute approximate surface area is 114 Å². The minimum Gasteiger partial charge on any atom is -0.480 e. The molecule has 0 saturated carbocycles. The van der Waals surface area contributed by atoms with Crippen LogP contribution in [0, 0.1) is 0 Å². The van der Waals surface area contributed by atoms with E-state index in [1.807, 2.05) is 6.92 Å². The molecular weight excluding hydrogens is 268 g/mol. The van der Waals surface area contributed by atoms with Gasteiger partial charge in [0.15, 0.2) is 0 Å². The second-order valence-electron chi connectivity index (χ2n) is 4.07. The summed E-state index contributed by atoms with van der Waals surface area (Å²) < 4.78 is 0. The molecule has 2 amide bonds. The van der Waals surface area contributed by atoms with Crippen molar-refractivity contribution in [2.75, 3.05) is 0 Å². The molecule has 1 atom stereocenters. The number of aliphatic carboxylic acids is 1. The van der Waals surface area contributed by atoms with E-state index in [9.17, 15) is 14.4 Å². The van der Waals surface area contributed by atoms with Crippen molar-refractivity contribution in [3.63, 3.8) is 0 Å². The molecule has 1 aromatic rings. The molecule has 0 fully saturated rings. The number of rotatable bonds is 7. The summed E-state index contributed by atoms with van der Waals surface area (Å²) in [6.45, 7) is 1.94. The first-order chi connectivity index (χ1) is 8.95. The van der Waals surface area contributed by atoms with Gasteiger partial charge in [-0.25, -0.2) is 4.79 Å². The summed E-state index contributed by atoms with van der Waals surface area (Å²) in [6.07, 6.45) is 1.95. The highest BCUT2D eigenvalue weighted by atomic mass is 32.1. The average Bonchev–Trinajstić information content (AvgIpc) is 2.83. The first kappa shape index (κ1) is 15.2. The standard InChI is InChI=1S/C12H16N2O4S/c1-2-3-4-8(12(17)18)14-11(16)9-5-7(6-19-9)10(13)15/h5-6,8H,2-4H2,1H3,(H2,13,15)(H,14,16)(H,17,18). The number of hydrogen-bond acceptors (Lipinski definition) is 4. The van der Waals surface area contributed by atoms with Crippen LogP contribution in [0.1, 0.15) is 46.2 Å². The molecule has 0 saturated heterocycles. The number of carbonyl (C=O) groups is 3. The molecule has 0 radical (unpaired) electrons. The molecule has 0 aliphatic rings. The third-order valence-corrected chi connectivity index (χ3v) is 3.49. The van der Waals surface area contributed by atoms with Crippen molar-refractivity contribution in [1.29, 1.82) is 0 Å². The summed E-state index contributed by atoms with van der Waals surface area (Å²) in [7, 11) is 0. The molecular formula is C12H16N2O4S. The molecule has 1 aromatic heterocycles. The van der Waals surface area contributed by atoms with Crippen LogP contribution in [-0.4, -0.2) is 28.9 Å². The molecule has 104 valence electrons. The second-order valence-corrected chi connectivity index (χ2v) is 4.98. The summed E-state index contributed by atoms with van der Waals surface area (Å²) in [5, 5.41) is 12.9. The highest BCUT2D eigenvalue weighted by Gasteiger charge is 2.21. The molecule has 1 rings (SSSR count). The topological polar surface area (TPSA) is 109 Å². The molecule has 7 heteroatoms. The molecule has 6 nitrogen and oxygen atoms in total. The Kier molecular flexibility index (Phi) is 5.50. The Morgan fingerprint density at radius 1 is 1.47 bits per heavy atom. The number of primary amides is 1. The number of nitrogens with one attached hydrogen (secondary N) is 1. The smallest absolute Gasteiger partial charge is 0.326 e. The van der Waals surface area contributed by atoms with Crippen LogP contribution in [0.5, 0.6) is 0 Å². The number of carbonyl (C=O) groups excluding carboxylic acids is 2. The first-order valence-electron chi connectivity index (χ1n) is 5.87. The number of amides is 2. The van der Waals surface area contributed by atoms with Crippen LogP contribution in [0.2, 0.25) is 0 Å². The molecule has 1 heterocycles. The SMILES string of the molecule is CCCCC(NC(=O)c1cc(C(N)=O)cs1)C(=O)O. The Morgan fingerprint density at radius 2 is 2.16 bits per heavy atom. The zero-order chi connectivity index (χ0) is 14.4. The van der Waals surface area contributed by atoms with E-state index in [0.717, 1.165) is 17.8 Å². The zero-order valence-corrected chi connectivity index (χ0v) is 11.3. The van der Waals surface area contributed by atoms with Gasteiger partial charge in [0, 0.05) is 5.38 Å². The maximum Gasteiger partial charge on any atom is 0.326 e. The highest BCUT2D eigenvalue weighted by Crippen LogP contribution is 2.14. The maximum atomic E-state index is 11.8. The van der Waals surface area contributed by atoms with Crippen molar-refractivity contribution >= 4 is 29.1 Å². The number of unbranched alkanes of at least 4 members (excludes halogenated alkanes) is 1. The molecule has 19 heavy (non-hydrogen) atoms. The Hall–Kier alpha value is -1.89. The first-order valence-corrected chi connectivity index (χ1v) is 6.75. The molecule has 4 N–H and O–H groups in total. The van der Waals surface area contributed by atoms with E-state index in [0.29, 0.717) is 12.8 Å². The van der Waals surface area contributed by atoms with Gasteiger partial charge in [-0.05, 0) is 12.5 Å². The number of thiophene rings is 1. The van der Waals surface area contributed by atoms with E-state index >= 15 is 0 Å². The van der Waals surface area contributed by atoms with Gasteiger partial charge in [-0.3, -0.25) is 9.59 Å². The minimum absolute atomic E-state index is 0.246. The van der Waals surface area contributed by atoms with Gasteiger partial charge in [0.05, 0.1) is 10.4 Å². The van der Waals surface area contributed by atoms with E-state index in [4.69, 9.17) is 10.8 Å². The fraction of sp³-hybridized carbons (Fsp3) is 0.417. The van der Waals surface area contributed by atoms with Gasteiger partial charge >= 0.3 is 5.97 Å². The van der Waals surface area contributed by atoms with Gasteiger partial charge in [-0.2, -0.15) is 0 Å². The number of hydrogen-bond donors (Lipinski definition) is 3. The van der Waals surface area contributed by atoms with E-state index in [1.54, 1.807) is 0 Å². The fourth-order valence-electron chi connectivity index (χ4n) is 1.48. The van der Waals surface area contributed by atoms with Gasteiger partial charge in [-0.1, -0.05) is 19.8 Å². The lowest BCUT2D eigenvalue weighted by molar-refractivity contribution is -0.139. The quantitative estimate of drug-likeness (QED) is 0.699. The normalized spacial score (nSPS) is 11.8. The predicted octanol–water partition coefficient (Wildman–Crippen LogP) is 1.22. The average molecular weight is 284 g/mol. The van der Waals surface area contributed by atoms with Gasteiger partial charge in [0.2, 0.25) is 5.91 Å². The predicted molar refractivity (Wildman–Crippen MR) is 71.3 cm³/mol. The van der Waals surface area contributed by atoms with Crippen molar-refractivity contribution in [1.82, 2.24) is 5.32 Å². The molecule has 0 aliphatic carbocycles. The van der Waals surface area contributed by atoms with Crippen LogP contribution in [0.4, 0.5) is 0 Å². The summed E-state index contributed by atoms with van der Waals surface area (Å²) in [4.78, 5) is 34.0. The van der Waals surface area contributed by atoms with E-state index in [-0.39, 0.29) is 10.4 Å². The molecule has 0 aliphatic heterocycles. The molecule has 0 spiro atoms. The zero-order valence-electron chi connectivity index (χ0n) is 10.5. The van der Waals surface area contributed by atoms with Gasteiger partial charge in [0.25, 0.3) is 5.91 Å². The summed E-state index contributed by atoms with van der Waals surface area (Å²) >= 11 is 1.06. The highest BCUT2D eigenvalue weighted by molar-refractivity contribution is 7.12. The molecule has 0 aromatic carbocycles. The van der Waals surface area contributed by atoms with Gasteiger partial charge < -0.3 is 16.2 Å². The summed E-state index contributed by atoms with van der Waals surface area (Å²) in [5.41, 5.74) is 5.33. The molecule has 1 unspecified atom stereocenters. The molecule has 0 bridgehead atoms. The summed E-state index contributed by atoms with van der Waals surface area (Å²) in [6, 6.07) is 0.452. The van der Waals surface area contributed by atoms with Gasteiger partial charge in [0.1, 0.15) is 6.04 Å². The lowest BCUT2D eigenvalue weighted by Gasteiger charge is -2.13. The number of nitrogens with two attached hydrogens (primary N) is 1. The van der Waals surface area contributed by atoms with Crippen LogP contribution in [0.25, 0.3) is 0 Å².